The summed E-state index contributed by atoms with van der Waals surface area (Å²) in [6, 6.07) is 4.83. The molecule has 0 bridgehead atoms. The first-order chi connectivity index (χ1) is 14.0. The molecule has 1 aromatic rings. The standard InChI is InChI=1S/C26H34N2O/c1-25-12-11-22-19(21(25)9-8-20(25)18-4-3-14-27-16-18)7-10-23-26(22,2)13-15-28(23)24(29)17-5-6-17/h3-4,8,14,16-17,19,21-23H,5-7,9-13,15H2,1-2H3/t19-,21?,22?,23?,25+,26+/m0/s1. The van der Waals surface area contributed by atoms with Gasteiger partial charge in [0.25, 0.3) is 0 Å². The fourth-order valence-electron chi connectivity index (χ4n) is 8.18. The zero-order valence-electron chi connectivity index (χ0n) is 17.9. The topological polar surface area (TPSA) is 33.2 Å². The van der Waals surface area contributed by atoms with Crippen molar-refractivity contribution < 1.29 is 4.79 Å². The van der Waals surface area contributed by atoms with Crippen molar-refractivity contribution in [3.63, 3.8) is 0 Å². The van der Waals surface area contributed by atoms with Crippen LogP contribution in [0.5, 0.6) is 0 Å². The number of pyridine rings is 1. The molecule has 1 aliphatic heterocycles. The highest BCUT2D eigenvalue weighted by Crippen LogP contribution is 2.66. The van der Waals surface area contributed by atoms with Gasteiger partial charge in [-0.15, -0.1) is 0 Å². The number of rotatable bonds is 2. The van der Waals surface area contributed by atoms with E-state index in [1.807, 2.05) is 6.20 Å². The Morgan fingerprint density at radius 1 is 1.10 bits per heavy atom. The highest BCUT2D eigenvalue weighted by molar-refractivity contribution is 5.81. The number of hydrogen-bond acceptors (Lipinski definition) is 2. The van der Waals surface area contributed by atoms with Crippen LogP contribution in [0.4, 0.5) is 0 Å². The first kappa shape index (κ1) is 18.2. The predicted molar refractivity (Wildman–Crippen MR) is 115 cm³/mol. The van der Waals surface area contributed by atoms with Crippen molar-refractivity contribution in [2.75, 3.05) is 6.54 Å². The zero-order valence-corrected chi connectivity index (χ0v) is 17.9. The number of likely N-dealkylation sites (tertiary alicyclic amines) is 1. The van der Waals surface area contributed by atoms with E-state index in [2.05, 4.69) is 48.1 Å². The van der Waals surface area contributed by atoms with Gasteiger partial charge in [-0.1, -0.05) is 26.0 Å². The number of amides is 1. The van der Waals surface area contributed by atoms with Gasteiger partial charge < -0.3 is 4.90 Å². The summed E-state index contributed by atoms with van der Waals surface area (Å²) in [6.45, 7) is 6.09. The zero-order chi connectivity index (χ0) is 19.8. The van der Waals surface area contributed by atoms with Crippen molar-refractivity contribution in [3.8, 4) is 0 Å². The first-order valence-electron chi connectivity index (χ1n) is 11.9. The highest BCUT2D eigenvalue weighted by Gasteiger charge is 2.61. The van der Waals surface area contributed by atoms with Crippen LogP contribution in [0.1, 0.15) is 70.8 Å². The second-order valence-corrected chi connectivity index (χ2v) is 11.1. The summed E-state index contributed by atoms with van der Waals surface area (Å²) in [5, 5.41) is 0. The quantitative estimate of drug-likeness (QED) is 0.684. The summed E-state index contributed by atoms with van der Waals surface area (Å²) in [6.07, 6.45) is 16.4. The van der Waals surface area contributed by atoms with E-state index in [4.69, 9.17) is 0 Å². The summed E-state index contributed by atoms with van der Waals surface area (Å²) in [4.78, 5) is 19.6. The molecule has 0 N–H and O–H groups in total. The Bertz CT molecular complexity index is 859. The van der Waals surface area contributed by atoms with Crippen molar-refractivity contribution in [2.45, 2.75) is 71.3 Å². The molecule has 1 saturated heterocycles. The maximum absolute atomic E-state index is 12.9. The molecule has 0 radical (unpaired) electrons. The Balaban J connectivity index is 1.27. The summed E-state index contributed by atoms with van der Waals surface area (Å²) < 4.78 is 0. The number of hydrogen-bond donors (Lipinski definition) is 0. The molecule has 6 rings (SSSR count). The van der Waals surface area contributed by atoms with Crippen LogP contribution in [0.2, 0.25) is 0 Å². The second kappa shape index (κ2) is 6.18. The molecule has 0 spiro atoms. The van der Waals surface area contributed by atoms with Crippen molar-refractivity contribution in [1.29, 1.82) is 0 Å². The fraction of sp³-hybridized carbons (Fsp3) is 0.692. The fourth-order valence-corrected chi connectivity index (χ4v) is 8.18. The van der Waals surface area contributed by atoms with E-state index in [9.17, 15) is 4.79 Å². The van der Waals surface area contributed by atoms with Crippen molar-refractivity contribution in [3.05, 3.63) is 36.2 Å². The molecule has 0 aromatic carbocycles. The number of carbonyl (C=O) groups excluding carboxylic acids is 1. The Morgan fingerprint density at radius 2 is 1.97 bits per heavy atom. The van der Waals surface area contributed by atoms with Gasteiger partial charge in [0.05, 0.1) is 0 Å². The van der Waals surface area contributed by atoms with Gasteiger partial charge >= 0.3 is 0 Å². The number of carbonyl (C=O) groups is 1. The van der Waals surface area contributed by atoms with Crippen LogP contribution < -0.4 is 0 Å². The molecule has 154 valence electrons. The van der Waals surface area contributed by atoms with Gasteiger partial charge in [0.2, 0.25) is 5.91 Å². The molecule has 2 heterocycles. The summed E-state index contributed by atoms with van der Waals surface area (Å²) in [5.41, 5.74) is 3.53. The number of aromatic nitrogens is 1. The lowest BCUT2D eigenvalue weighted by atomic mass is 9.48. The van der Waals surface area contributed by atoms with Gasteiger partial charge in [-0.05, 0) is 97.2 Å². The summed E-state index contributed by atoms with van der Waals surface area (Å²) in [5.74, 6) is 3.22. The Hall–Kier alpha value is -1.64. The van der Waals surface area contributed by atoms with E-state index < -0.39 is 0 Å². The van der Waals surface area contributed by atoms with Gasteiger partial charge in [0.15, 0.2) is 0 Å². The van der Waals surface area contributed by atoms with Crippen LogP contribution in [0.3, 0.4) is 0 Å². The number of nitrogens with zero attached hydrogens (tertiary/aromatic N) is 2. The third-order valence-corrected chi connectivity index (χ3v) is 9.85. The molecule has 29 heavy (non-hydrogen) atoms. The molecular weight excluding hydrogens is 356 g/mol. The van der Waals surface area contributed by atoms with Crippen LogP contribution in [-0.4, -0.2) is 28.4 Å². The van der Waals surface area contributed by atoms with Gasteiger partial charge in [-0.2, -0.15) is 0 Å². The molecule has 4 fully saturated rings. The molecule has 3 saturated carbocycles. The average Bonchev–Trinajstić information content (AvgIpc) is 3.43. The third kappa shape index (κ3) is 2.48. The number of fused-ring (bicyclic) bond motifs is 5. The normalized spacial score (nSPS) is 43.4. The van der Waals surface area contributed by atoms with E-state index in [0.29, 0.717) is 28.7 Å². The van der Waals surface area contributed by atoms with E-state index in [-0.39, 0.29) is 0 Å². The SMILES string of the molecule is C[C@]12CCN(C(=O)C3CC3)C1CC[C@@H]1C2CC[C@]2(C)C(c3cccnc3)=CCC12. The first-order valence-corrected chi connectivity index (χ1v) is 11.9. The molecule has 5 aliphatic rings. The molecule has 3 unspecified atom stereocenters. The molecular formula is C26H34N2O. The predicted octanol–water partition coefficient (Wildman–Crippen LogP) is 5.33. The van der Waals surface area contributed by atoms with Gasteiger partial charge in [-0.25, -0.2) is 0 Å². The van der Waals surface area contributed by atoms with E-state index in [1.165, 1.54) is 44.1 Å². The minimum Gasteiger partial charge on any atom is -0.339 e. The Labute approximate surface area is 175 Å². The van der Waals surface area contributed by atoms with Crippen LogP contribution in [0.15, 0.2) is 30.6 Å². The maximum atomic E-state index is 12.9. The van der Waals surface area contributed by atoms with Crippen molar-refractivity contribution in [1.82, 2.24) is 9.88 Å². The number of allylic oxidation sites excluding steroid dienone is 2. The molecule has 1 aromatic heterocycles. The molecule has 1 amide bonds. The monoisotopic (exact) mass is 390 g/mol. The van der Waals surface area contributed by atoms with Crippen LogP contribution >= 0.6 is 0 Å². The highest BCUT2D eigenvalue weighted by atomic mass is 16.2. The minimum absolute atomic E-state index is 0.301. The maximum Gasteiger partial charge on any atom is 0.225 e. The van der Waals surface area contributed by atoms with Crippen molar-refractivity contribution in [2.24, 2.45) is 34.5 Å². The smallest absolute Gasteiger partial charge is 0.225 e. The largest absolute Gasteiger partial charge is 0.339 e. The van der Waals surface area contributed by atoms with E-state index in [0.717, 1.165) is 37.1 Å². The average molecular weight is 391 g/mol. The Kier molecular flexibility index (Phi) is 3.87. The summed E-state index contributed by atoms with van der Waals surface area (Å²) in [7, 11) is 0. The third-order valence-electron chi connectivity index (χ3n) is 9.85. The molecule has 3 nitrogen and oxygen atoms in total. The van der Waals surface area contributed by atoms with E-state index in [1.54, 1.807) is 5.57 Å². The van der Waals surface area contributed by atoms with E-state index >= 15 is 0 Å². The van der Waals surface area contributed by atoms with Crippen LogP contribution in [0.25, 0.3) is 5.57 Å². The lowest BCUT2D eigenvalue weighted by Crippen LogP contribution is -2.54. The summed E-state index contributed by atoms with van der Waals surface area (Å²) >= 11 is 0. The lowest BCUT2D eigenvalue weighted by molar-refractivity contribution is -0.138. The van der Waals surface area contributed by atoms with Gasteiger partial charge in [0, 0.05) is 30.9 Å². The van der Waals surface area contributed by atoms with Crippen LogP contribution in [0, 0.1) is 34.5 Å². The lowest BCUT2D eigenvalue weighted by Gasteiger charge is -2.57. The molecule has 4 aliphatic carbocycles. The minimum atomic E-state index is 0.301. The molecule has 3 heteroatoms. The van der Waals surface area contributed by atoms with Gasteiger partial charge in [-0.3, -0.25) is 9.78 Å². The van der Waals surface area contributed by atoms with Gasteiger partial charge in [0.1, 0.15) is 0 Å². The molecule has 6 atom stereocenters. The Morgan fingerprint density at radius 3 is 2.72 bits per heavy atom. The van der Waals surface area contributed by atoms with Crippen molar-refractivity contribution >= 4 is 11.5 Å². The second-order valence-electron chi connectivity index (χ2n) is 11.1. The van der Waals surface area contributed by atoms with Crippen LogP contribution in [-0.2, 0) is 4.79 Å².